The first-order chi connectivity index (χ1) is 9.08. The molecule has 19 heavy (non-hydrogen) atoms. The Kier molecular flexibility index (Phi) is 2.41. The van der Waals surface area contributed by atoms with Gasteiger partial charge in [0.05, 0.1) is 17.6 Å². The molecule has 1 aromatic carbocycles. The normalized spacial score (nSPS) is 11.1. The van der Waals surface area contributed by atoms with E-state index in [2.05, 4.69) is 10.1 Å². The Morgan fingerprint density at radius 1 is 1.42 bits per heavy atom. The number of aromatic carboxylic acids is 1. The second-order valence-corrected chi connectivity index (χ2v) is 4.55. The fourth-order valence-corrected chi connectivity index (χ4v) is 2.35. The van der Waals surface area contributed by atoms with Gasteiger partial charge in [-0.25, -0.2) is 4.79 Å². The molecule has 5 heteroatoms. The predicted octanol–water partition coefficient (Wildman–Crippen LogP) is 2.58. The van der Waals surface area contributed by atoms with Crippen molar-refractivity contribution in [2.45, 2.75) is 6.92 Å². The molecule has 3 aromatic rings. The minimum Gasteiger partial charge on any atom is -0.478 e. The van der Waals surface area contributed by atoms with Crippen LogP contribution in [0.25, 0.3) is 22.3 Å². The maximum absolute atomic E-state index is 11.2. The van der Waals surface area contributed by atoms with Crippen molar-refractivity contribution in [3.8, 4) is 11.4 Å². The van der Waals surface area contributed by atoms with Gasteiger partial charge in [-0.1, -0.05) is 12.1 Å². The predicted molar refractivity (Wildman–Crippen MR) is 72.2 cm³/mol. The van der Waals surface area contributed by atoms with Crippen molar-refractivity contribution in [3.05, 3.63) is 41.6 Å². The van der Waals surface area contributed by atoms with E-state index in [0.29, 0.717) is 5.69 Å². The van der Waals surface area contributed by atoms with Crippen molar-refractivity contribution in [2.24, 2.45) is 7.05 Å². The summed E-state index contributed by atoms with van der Waals surface area (Å²) in [4.78, 5) is 14.5. The fourth-order valence-electron chi connectivity index (χ4n) is 2.35. The summed E-state index contributed by atoms with van der Waals surface area (Å²) in [5.41, 5.74) is 3.70. The van der Waals surface area contributed by atoms with Gasteiger partial charge in [-0.05, 0) is 24.6 Å². The molecule has 2 heterocycles. The third kappa shape index (κ3) is 1.71. The van der Waals surface area contributed by atoms with Crippen LogP contribution in [0.4, 0.5) is 0 Å². The highest BCUT2D eigenvalue weighted by atomic mass is 16.4. The van der Waals surface area contributed by atoms with Crippen LogP contribution in [0.5, 0.6) is 0 Å². The fraction of sp³-hybridized carbons (Fsp3) is 0.143. The third-order valence-corrected chi connectivity index (χ3v) is 3.31. The molecule has 0 saturated heterocycles. The van der Waals surface area contributed by atoms with Crippen LogP contribution in [0.1, 0.15) is 15.9 Å². The molecule has 0 aliphatic rings. The number of aromatic amines is 1. The summed E-state index contributed by atoms with van der Waals surface area (Å²) in [6.07, 6.45) is 1.37. The molecule has 0 amide bonds. The average Bonchev–Trinajstić information content (AvgIpc) is 2.92. The third-order valence-electron chi connectivity index (χ3n) is 3.31. The number of fused-ring (bicyclic) bond motifs is 1. The van der Waals surface area contributed by atoms with E-state index in [9.17, 15) is 9.90 Å². The molecule has 0 aliphatic heterocycles. The summed E-state index contributed by atoms with van der Waals surface area (Å²) >= 11 is 0. The Morgan fingerprint density at radius 3 is 2.89 bits per heavy atom. The molecule has 0 radical (unpaired) electrons. The highest BCUT2D eigenvalue weighted by Gasteiger charge is 2.18. The van der Waals surface area contributed by atoms with Gasteiger partial charge < -0.3 is 10.1 Å². The van der Waals surface area contributed by atoms with Gasteiger partial charge in [0.25, 0.3) is 0 Å². The zero-order chi connectivity index (χ0) is 13.6. The summed E-state index contributed by atoms with van der Waals surface area (Å²) in [5.74, 6) is -0.974. The zero-order valence-electron chi connectivity index (χ0n) is 10.6. The quantitative estimate of drug-likeness (QED) is 0.739. The Hall–Kier alpha value is -2.56. The number of H-pyrrole nitrogens is 1. The number of nitrogens with zero attached hydrogens (tertiary/aromatic N) is 2. The maximum Gasteiger partial charge on any atom is 0.339 e. The molecule has 2 aromatic heterocycles. The SMILES string of the molecule is Cc1cccc2[nH]c(-c3c(C(=O)O)cnn3C)cc12. The number of nitrogens with one attached hydrogen (secondary N) is 1. The monoisotopic (exact) mass is 255 g/mol. The van der Waals surface area contributed by atoms with Crippen LogP contribution in [0.15, 0.2) is 30.5 Å². The summed E-state index contributed by atoms with van der Waals surface area (Å²) in [6, 6.07) is 7.94. The molecule has 0 atom stereocenters. The van der Waals surface area contributed by atoms with E-state index in [-0.39, 0.29) is 5.56 Å². The van der Waals surface area contributed by atoms with E-state index in [0.717, 1.165) is 22.2 Å². The standard InChI is InChI=1S/C14H13N3O2/c1-8-4-3-5-11-9(8)6-12(16-11)13-10(14(18)19)7-15-17(13)2/h3-7,16H,1-2H3,(H,18,19). The van der Waals surface area contributed by atoms with E-state index < -0.39 is 5.97 Å². The number of aryl methyl sites for hydroxylation is 2. The number of carboxylic acids is 1. The van der Waals surface area contributed by atoms with Gasteiger partial charge in [0.15, 0.2) is 0 Å². The molecule has 96 valence electrons. The number of hydrogen-bond donors (Lipinski definition) is 2. The van der Waals surface area contributed by atoms with Crippen molar-refractivity contribution >= 4 is 16.9 Å². The maximum atomic E-state index is 11.2. The van der Waals surface area contributed by atoms with Crippen molar-refractivity contribution < 1.29 is 9.90 Å². The number of carbonyl (C=O) groups is 1. The lowest BCUT2D eigenvalue weighted by molar-refractivity contribution is 0.0697. The van der Waals surface area contributed by atoms with E-state index in [1.807, 2.05) is 31.2 Å². The second kappa shape index (κ2) is 3.98. The number of benzene rings is 1. The topological polar surface area (TPSA) is 70.9 Å². The van der Waals surface area contributed by atoms with Crippen LogP contribution in [0.3, 0.4) is 0 Å². The largest absolute Gasteiger partial charge is 0.478 e. The molecular formula is C14H13N3O2. The second-order valence-electron chi connectivity index (χ2n) is 4.55. The Bertz CT molecular complexity index is 783. The van der Waals surface area contributed by atoms with Crippen LogP contribution in [0.2, 0.25) is 0 Å². The first kappa shape index (κ1) is 11.5. The van der Waals surface area contributed by atoms with Crippen LogP contribution in [-0.4, -0.2) is 25.8 Å². The van der Waals surface area contributed by atoms with E-state index in [4.69, 9.17) is 0 Å². The van der Waals surface area contributed by atoms with Crippen LogP contribution >= 0.6 is 0 Å². The molecular weight excluding hydrogens is 242 g/mol. The highest BCUT2D eigenvalue weighted by Crippen LogP contribution is 2.28. The number of hydrogen-bond acceptors (Lipinski definition) is 2. The lowest BCUT2D eigenvalue weighted by Gasteiger charge is -2.00. The molecule has 5 nitrogen and oxygen atoms in total. The number of rotatable bonds is 2. The Morgan fingerprint density at radius 2 is 2.21 bits per heavy atom. The van der Waals surface area contributed by atoms with Crippen molar-refractivity contribution in [1.29, 1.82) is 0 Å². The smallest absolute Gasteiger partial charge is 0.339 e. The van der Waals surface area contributed by atoms with Crippen molar-refractivity contribution in [3.63, 3.8) is 0 Å². The first-order valence-corrected chi connectivity index (χ1v) is 5.92. The van der Waals surface area contributed by atoms with E-state index in [1.54, 1.807) is 11.7 Å². The minimum absolute atomic E-state index is 0.201. The first-order valence-electron chi connectivity index (χ1n) is 5.92. The van der Waals surface area contributed by atoms with Gasteiger partial charge in [-0.3, -0.25) is 4.68 Å². The van der Waals surface area contributed by atoms with Gasteiger partial charge in [0.2, 0.25) is 0 Å². The molecule has 0 saturated carbocycles. The van der Waals surface area contributed by atoms with Crippen LogP contribution in [0, 0.1) is 6.92 Å². The summed E-state index contributed by atoms with van der Waals surface area (Å²) in [5, 5.41) is 14.3. The molecule has 0 bridgehead atoms. The van der Waals surface area contributed by atoms with Gasteiger partial charge in [0.1, 0.15) is 5.56 Å². The van der Waals surface area contributed by atoms with Gasteiger partial charge >= 0.3 is 5.97 Å². The number of carboxylic acid groups (broad SMARTS) is 1. The lowest BCUT2D eigenvalue weighted by Crippen LogP contribution is -2.00. The van der Waals surface area contributed by atoms with Crippen LogP contribution in [-0.2, 0) is 7.05 Å². The Labute approximate surface area is 109 Å². The molecule has 3 rings (SSSR count). The number of aromatic nitrogens is 3. The lowest BCUT2D eigenvalue weighted by atomic mass is 10.1. The highest BCUT2D eigenvalue weighted by molar-refractivity contribution is 5.96. The van der Waals surface area contributed by atoms with Gasteiger partial charge in [-0.15, -0.1) is 0 Å². The molecule has 2 N–H and O–H groups in total. The van der Waals surface area contributed by atoms with Crippen LogP contribution < -0.4 is 0 Å². The summed E-state index contributed by atoms with van der Waals surface area (Å²) in [7, 11) is 1.74. The molecule has 0 unspecified atom stereocenters. The van der Waals surface area contributed by atoms with E-state index in [1.165, 1.54) is 6.20 Å². The molecule has 0 spiro atoms. The Balaban J connectivity index is 2.28. The van der Waals surface area contributed by atoms with E-state index >= 15 is 0 Å². The zero-order valence-corrected chi connectivity index (χ0v) is 10.6. The molecule has 0 aliphatic carbocycles. The summed E-state index contributed by atoms with van der Waals surface area (Å²) in [6.45, 7) is 2.03. The average molecular weight is 255 g/mol. The molecule has 0 fully saturated rings. The summed E-state index contributed by atoms with van der Waals surface area (Å²) < 4.78 is 1.57. The van der Waals surface area contributed by atoms with Crippen molar-refractivity contribution in [2.75, 3.05) is 0 Å². The van der Waals surface area contributed by atoms with Gasteiger partial charge in [0, 0.05) is 18.0 Å². The van der Waals surface area contributed by atoms with Crippen molar-refractivity contribution in [1.82, 2.24) is 14.8 Å². The van der Waals surface area contributed by atoms with Gasteiger partial charge in [-0.2, -0.15) is 5.10 Å². The minimum atomic E-state index is -0.974.